The summed E-state index contributed by atoms with van der Waals surface area (Å²) in [5.74, 6) is -0.465. The van der Waals surface area contributed by atoms with Gasteiger partial charge >= 0.3 is 0 Å². The number of fused-ring (bicyclic) bond motifs is 1. The van der Waals surface area contributed by atoms with E-state index in [1.807, 2.05) is 0 Å². The maximum absolute atomic E-state index is 13.0. The minimum Gasteiger partial charge on any atom is -0.508 e. The molecule has 0 bridgehead atoms. The Morgan fingerprint density at radius 2 is 1.75 bits per heavy atom. The van der Waals surface area contributed by atoms with Gasteiger partial charge in [0.25, 0.3) is 0 Å². The van der Waals surface area contributed by atoms with Crippen LogP contribution in [0.25, 0.3) is 0 Å². The molecule has 2 heterocycles. The molecule has 0 amide bonds. The summed E-state index contributed by atoms with van der Waals surface area (Å²) < 4.78 is 22.1. The zero-order valence-electron chi connectivity index (χ0n) is 17.3. The topological polar surface area (TPSA) is 155 Å². The fourth-order valence-corrected chi connectivity index (χ4v) is 3.82. The first-order chi connectivity index (χ1) is 15.2. The Bertz CT molecular complexity index is 1020. The van der Waals surface area contributed by atoms with Crippen molar-refractivity contribution in [2.24, 2.45) is 0 Å². The predicted molar refractivity (Wildman–Crippen MR) is 108 cm³/mol. The van der Waals surface area contributed by atoms with Crippen LogP contribution in [0.5, 0.6) is 28.7 Å². The second kappa shape index (κ2) is 8.47. The number of ether oxygens (including phenoxy) is 4. The highest BCUT2D eigenvalue weighted by atomic mass is 16.7. The Balaban J connectivity index is 1.64. The summed E-state index contributed by atoms with van der Waals surface area (Å²) in [5.41, 5.74) is 0.635. The van der Waals surface area contributed by atoms with Crippen molar-refractivity contribution < 1.29 is 49.3 Å². The Kier molecular flexibility index (Phi) is 5.87. The molecule has 0 radical (unpaired) electrons. The van der Waals surface area contributed by atoms with E-state index >= 15 is 0 Å². The number of aromatic hydroxyl groups is 2. The molecule has 1 fully saturated rings. The molecule has 2 aromatic carbocycles. The molecule has 3 unspecified atom stereocenters. The number of methoxy groups -OCH3 is 1. The van der Waals surface area contributed by atoms with Crippen LogP contribution in [-0.2, 0) is 4.74 Å². The number of benzene rings is 2. The van der Waals surface area contributed by atoms with Crippen molar-refractivity contribution >= 4 is 5.78 Å². The molecular weight excluding hydrogens is 424 g/mol. The third kappa shape index (κ3) is 3.93. The Labute approximate surface area is 183 Å². The van der Waals surface area contributed by atoms with Gasteiger partial charge in [0.1, 0.15) is 47.2 Å². The number of hydrogen-bond donors (Lipinski definition) is 5. The van der Waals surface area contributed by atoms with Gasteiger partial charge in [0, 0.05) is 12.1 Å². The van der Waals surface area contributed by atoms with E-state index in [2.05, 4.69) is 0 Å². The molecular formula is C22H24O10. The van der Waals surface area contributed by atoms with E-state index in [1.165, 1.54) is 32.2 Å². The number of phenolic OH excluding ortho intramolecular Hbond substituents is 2. The van der Waals surface area contributed by atoms with Gasteiger partial charge in [-0.25, -0.2) is 0 Å². The zero-order chi connectivity index (χ0) is 23.2. The van der Waals surface area contributed by atoms with Gasteiger partial charge in [-0.15, -0.1) is 0 Å². The molecule has 10 nitrogen and oxygen atoms in total. The van der Waals surface area contributed by atoms with E-state index in [1.54, 1.807) is 12.1 Å². The summed E-state index contributed by atoms with van der Waals surface area (Å²) in [4.78, 5) is 13.0. The average Bonchev–Trinajstić information content (AvgIpc) is 2.75. The van der Waals surface area contributed by atoms with Crippen LogP contribution in [0.4, 0.5) is 0 Å². The van der Waals surface area contributed by atoms with E-state index in [0.29, 0.717) is 5.56 Å². The highest BCUT2D eigenvalue weighted by Crippen LogP contribution is 2.44. The normalized spacial score (nSPS) is 29.7. The number of carbonyl (C=O) groups excluding carboxylic acids is 1. The highest BCUT2D eigenvalue weighted by Gasteiger charge is 2.44. The van der Waals surface area contributed by atoms with Gasteiger partial charge in [-0.1, -0.05) is 6.07 Å². The largest absolute Gasteiger partial charge is 0.508 e. The molecule has 10 heteroatoms. The van der Waals surface area contributed by atoms with Crippen molar-refractivity contribution in [2.45, 2.75) is 50.2 Å². The van der Waals surface area contributed by atoms with Crippen molar-refractivity contribution in [3.8, 4) is 28.7 Å². The number of carbonyl (C=O) groups is 1. The van der Waals surface area contributed by atoms with Crippen LogP contribution < -0.4 is 14.2 Å². The monoisotopic (exact) mass is 448 g/mol. The molecule has 4 rings (SSSR count). The maximum Gasteiger partial charge on any atom is 0.229 e. The molecule has 0 aliphatic carbocycles. The fourth-order valence-electron chi connectivity index (χ4n) is 3.82. The van der Waals surface area contributed by atoms with Crippen LogP contribution in [0.15, 0.2) is 30.3 Å². The second-order valence-corrected chi connectivity index (χ2v) is 7.78. The summed E-state index contributed by atoms with van der Waals surface area (Å²) in [6, 6.07) is 7.03. The highest BCUT2D eigenvalue weighted by molar-refractivity contribution is 6.02. The summed E-state index contributed by atoms with van der Waals surface area (Å²) >= 11 is 0. The van der Waals surface area contributed by atoms with E-state index in [4.69, 9.17) is 18.9 Å². The zero-order valence-corrected chi connectivity index (χ0v) is 17.3. The van der Waals surface area contributed by atoms with Crippen LogP contribution in [0, 0.1) is 0 Å². The molecule has 0 aromatic heterocycles. The van der Waals surface area contributed by atoms with Crippen molar-refractivity contribution in [1.82, 2.24) is 0 Å². The number of phenols is 2. The molecule has 2 aromatic rings. The van der Waals surface area contributed by atoms with E-state index in [9.17, 15) is 30.3 Å². The molecule has 6 atom stereocenters. The van der Waals surface area contributed by atoms with Gasteiger partial charge in [0.15, 0.2) is 17.3 Å². The first-order valence-electron chi connectivity index (χ1n) is 9.99. The lowest BCUT2D eigenvalue weighted by atomic mass is 9.95. The number of ketones is 1. The molecule has 0 spiro atoms. The number of aliphatic hydroxyl groups excluding tert-OH is 3. The molecule has 2 aliphatic heterocycles. The lowest BCUT2D eigenvalue weighted by molar-refractivity contribution is -0.268. The van der Waals surface area contributed by atoms with Crippen LogP contribution >= 0.6 is 0 Å². The second-order valence-electron chi connectivity index (χ2n) is 7.78. The SMILES string of the molecule is COc1cc([C@@H]2CC(=O)c3c(O[C@@H]4OC(C)[C@H](O)C(O)C4O)cc(O)cc3O2)ccc1O. The van der Waals surface area contributed by atoms with Crippen LogP contribution in [0.2, 0.25) is 0 Å². The van der Waals surface area contributed by atoms with E-state index < -0.39 is 36.8 Å². The van der Waals surface area contributed by atoms with Gasteiger partial charge < -0.3 is 44.5 Å². The summed E-state index contributed by atoms with van der Waals surface area (Å²) in [5, 5.41) is 50.0. The minimum absolute atomic E-state index is 0.0499. The molecule has 2 aliphatic rings. The third-order valence-corrected chi connectivity index (χ3v) is 5.60. The van der Waals surface area contributed by atoms with E-state index in [-0.39, 0.29) is 46.5 Å². The minimum atomic E-state index is -1.59. The van der Waals surface area contributed by atoms with Crippen molar-refractivity contribution in [1.29, 1.82) is 0 Å². The van der Waals surface area contributed by atoms with Gasteiger partial charge in [-0.2, -0.15) is 0 Å². The van der Waals surface area contributed by atoms with Crippen molar-refractivity contribution in [3.63, 3.8) is 0 Å². The van der Waals surface area contributed by atoms with Gasteiger partial charge in [0.05, 0.1) is 19.6 Å². The first-order valence-corrected chi connectivity index (χ1v) is 9.99. The van der Waals surface area contributed by atoms with Gasteiger partial charge in [0.2, 0.25) is 6.29 Å². The fraction of sp³-hybridized carbons (Fsp3) is 0.409. The maximum atomic E-state index is 13.0. The Morgan fingerprint density at radius 3 is 2.47 bits per heavy atom. The van der Waals surface area contributed by atoms with Crippen LogP contribution in [0.1, 0.15) is 35.4 Å². The molecule has 0 saturated carbocycles. The number of hydrogen-bond acceptors (Lipinski definition) is 10. The van der Waals surface area contributed by atoms with Gasteiger partial charge in [-0.05, 0) is 24.6 Å². The Morgan fingerprint density at radius 1 is 1.00 bits per heavy atom. The van der Waals surface area contributed by atoms with Crippen molar-refractivity contribution in [2.75, 3.05) is 7.11 Å². The number of Topliss-reactive ketones (excluding diaryl/α,β-unsaturated/α-hetero) is 1. The lowest BCUT2D eigenvalue weighted by Crippen LogP contribution is -2.58. The van der Waals surface area contributed by atoms with Gasteiger partial charge in [-0.3, -0.25) is 4.79 Å². The molecule has 5 N–H and O–H groups in total. The van der Waals surface area contributed by atoms with Crippen LogP contribution in [-0.4, -0.2) is 69.1 Å². The molecule has 32 heavy (non-hydrogen) atoms. The number of rotatable bonds is 4. The van der Waals surface area contributed by atoms with E-state index in [0.717, 1.165) is 0 Å². The quantitative estimate of drug-likeness (QED) is 0.458. The summed E-state index contributed by atoms with van der Waals surface area (Å²) in [6.07, 6.45) is -7.40. The van der Waals surface area contributed by atoms with Crippen LogP contribution in [0.3, 0.4) is 0 Å². The lowest BCUT2D eigenvalue weighted by Gasteiger charge is -2.39. The smallest absolute Gasteiger partial charge is 0.229 e. The first kappa shape index (κ1) is 22.2. The Hall–Kier alpha value is -3.05. The van der Waals surface area contributed by atoms with Crippen molar-refractivity contribution in [3.05, 3.63) is 41.5 Å². The standard InChI is InChI=1S/C22H24O10/c1-9-19(26)20(27)21(28)22(30-9)32-17-7-11(23)6-16-18(17)13(25)8-14(31-16)10-3-4-12(24)15(5-10)29-2/h3-7,9,14,19-24,26-28H,8H2,1-2H3/t9?,14-,19-,20?,21?,22-/m0/s1. The summed E-state index contributed by atoms with van der Waals surface area (Å²) in [6.45, 7) is 1.50. The number of aliphatic hydroxyl groups is 3. The molecule has 1 saturated heterocycles. The average molecular weight is 448 g/mol. The summed E-state index contributed by atoms with van der Waals surface area (Å²) in [7, 11) is 1.40. The predicted octanol–water partition coefficient (Wildman–Crippen LogP) is 1.02. The molecule has 172 valence electrons. The third-order valence-electron chi connectivity index (χ3n) is 5.60.